The van der Waals surface area contributed by atoms with E-state index in [-0.39, 0.29) is 5.97 Å². The van der Waals surface area contributed by atoms with Gasteiger partial charge >= 0.3 is 5.97 Å². The smallest absolute Gasteiger partial charge is 0.311 e. The molecule has 0 aliphatic carbocycles. The van der Waals surface area contributed by atoms with Gasteiger partial charge in [0, 0.05) is 13.0 Å². The van der Waals surface area contributed by atoms with Crippen molar-refractivity contribution in [2.45, 2.75) is 103 Å². The highest BCUT2D eigenvalue weighted by molar-refractivity contribution is 5.72. The van der Waals surface area contributed by atoms with Gasteiger partial charge in [0.15, 0.2) is 0 Å². The molecule has 0 saturated heterocycles. The Morgan fingerprint density at radius 3 is 1.90 bits per heavy atom. The maximum atomic E-state index is 12.0. The Balaban J connectivity index is 1.94. The van der Waals surface area contributed by atoms with E-state index in [2.05, 4.69) is 24.0 Å². The molecule has 3 heteroatoms. The Bertz CT molecular complexity index is 563. The second-order valence-electron chi connectivity index (χ2n) is 8.69. The molecule has 1 aromatic rings. The van der Waals surface area contributed by atoms with E-state index in [4.69, 9.17) is 4.74 Å². The van der Waals surface area contributed by atoms with Gasteiger partial charge in [0.1, 0.15) is 5.75 Å². The number of esters is 1. The number of ether oxygens (including phenoxy) is 1. The zero-order chi connectivity index (χ0) is 21.9. The van der Waals surface area contributed by atoms with E-state index >= 15 is 0 Å². The molecule has 0 aliphatic rings. The predicted molar refractivity (Wildman–Crippen MR) is 129 cm³/mol. The molecular weight excluding hydrogens is 370 g/mol. The SMILES string of the molecule is CCCCCCCC/C=C\CCCCCCCC(=O)Oc1ccc(CN(C)C)cc1. The van der Waals surface area contributed by atoms with Gasteiger partial charge in [0.05, 0.1) is 0 Å². The lowest BCUT2D eigenvalue weighted by atomic mass is 10.1. The molecule has 30 heavy (non-hydrogen) atoms. The fourth-order valence-corrected chi connectivity index (χ4v) is 3.55. The van der Waals surface area contributed by atoms with Crippen molar-refractivity contribution >= 4 is 5.97 Å². The minimum Gasteiger partial charge on any atom is -0.427 e. The highest BCUT2D eigenvalue weighted by atomic mass is 16.5. The first-order valence-corrected chi connectivity index (χ1v) is 12.2. The number of hydrogen-bond donors (Lipinski definition) is 0. The Kier molecular flexibility index (Phi) is 16.0. The van der Waals surface area contributed by atoms with Gasteiger partial charge in [-0.15, -0.1) is 0 Å². The van der Waals surface area contributed by atoms with Gasteiger partial charge in [-0.05, 0) is 63.9 Å². The van der Waals surface area contributed by atoms with Crippen molar-refractivity contribution in [3.05, 3.63) is 42.0 Å². The second-order valence-corrected chi connectivity index (χ2v) is 8.69. The molecule has 0 radical (unpaired) electrons. The van der Waals surface area contributed by atoms with E-state index in [9.17, 15) is 4.79 Å². The first-order valence-electron chi connectivity index (χ1n) is 12.2. The minimum absolute atomic E-state index is 0.118. The van der Waals surface area contributed by atoms with Gasteiger partial charge < -0.3 is 9.64 Å². The lowest BCUT2D eigenvalue weighted by Gasteiger charge is -2.10. The first-order chi connectivity index (χ1) is 14.6. The molecule has 0 unspecified atom stereocenters. The summed E-state index contributed by atoms with van der Waals surface area (Å²) in [5.74, 6) is 0.531. The van der Waals surface area contributed by atoms with Crippen LogP contribution in [-0.2, 0) is 11.3 Å². The van der Waals surface area contributed by atoms with Crippen molar-refractivity contribution in [3.8, 4) is 5.75 Å². The average molecular weight is 416 g/mol. The largest absolute Gasteiger partial charge is 0.427 e. The molecule has 1 aromatic carbocycles. The Morgan fingerprint density at radius 2 is 1.33 bits per heavy atom. The number of carbonyl (C=O) groups excluding carboxylic acids is 1. The molecule has 0 atom stereocenters. The van der Waals surface area contributed by atoms with E-state index in [0.29, 0.717) is 12.2 Å². The first kappa shape index (κ1) is 26.4. The van der Waals surface area contributed by atoms with Crippen LogP contribution in [0.5, 0.6) is 5.75 Å². The number of allylic oxidation sites excluding steroid dienone is 2. The monoisotopic (exact) mass is 415 g/mol. The number of unbranched alkanes of at least 4 members (excludes halogenated alkanes) is 11. The van der Waals surface area contributed by atoms with Crippen LogP contribution in [0.3, 0.4) is 0 Å². The molecule has 0 heterocycles. The zero-order valence-corrected chi connectivity index (χ0v) is 19.8. The van der Waals surface area contributed by atoms with Crippen molar-refractivity contribution in [1.29, 1.82) is 0 Å². The summed E-state index contributed by atoms with van der Waals surface area (Å²) in [5.41, 5.74) is 1.22. The van der Waals surface area contributed by atoms with Crippen LogP contribution >= 0.6 is 0 Å². The van der Waals surface area contributed by atoms with Crippen LogP contribution in [0, 0.1) is 0 Å². The summed E-state index contributed by atoms with van der Waals surface area (Å²) in [6.07, 6.45) is 21.7. The molecule has 0 spiro atoms. The number of rotatable bonds is 18. The van der Waals surface area contributed by atoms with Crippen LogP contribution in [0.2, 0.25) is 0 Å². The Labute approximate surface area is 185 Å². The number of benzene rings is 1. The quantitative estimate of drug-likeness (QED) is 0.106. The average Bonchev–Trinajstić information content (AvgIpc) is 2.72. The van der Waals surface area contributed by atoms with Gasteiger partial charge in [0.2, 0.25) is 0 Å². The molecule has 0 aliphatic heterocycles. The van der Waals surface area contributed by atoms with Crippen molar-refractivity contribution in [3.63, 3.8) is 0 Å². The lowest BCUT2D eigenvalue weighted by molar-refractivity contribution is -0.134. The normalized spacial score (nSPS) is 11.5. The molecule has 0 N–H and O–H groups in total. The standard InChI is InChI=1S/C27H45NO2/c1-4-5-6-7-8-9-10-11-12-13-14-15-16-17-18-19-27(29)30-26-22-20-25(21-23-26)24-28(2)3/h11-12,20-23H,4-10,13-19,24H2,1-3H3/b12-11-. The fourth-order valence-electron chi connectivity index (χ4n) is 3.55. The third kappa shape index (κ3) is 15.3. The summed E-state index contributed by atoms with van der Waals surface area (Å²) in [6, 6.07) is 7.81. The van der Waals surface area contributed by atoms with Crippen LogP contribution < -0.4 is 4.74 Å². The highest BCUT2D eigenvalue weighted by Gasteiger charge is 2.05. The number of carbonyl (C=O) groups is 1. The van der Waals surface area contributed by atoms with Crippen LogP contribution in [0.4, 0.5) is 0 Å². The van der Waals surface area contributed by atoms with Crippen LogP contribution in [0.15, 0.2) is 36.4 Å². The Hall–Kier alpha value is -1.61. The summed E-state index contributed by atoms with van der Waals surface area (Å²) in [6.45, 7) is 3.16. The van der Waals surface area contributed by atoms with E-state index in [1.807, 2.05) is 38.4 Å². The van der Waals surface area contributed by atoms with Gasteiger partial charge in [-0.25, -0.2) is 0 Å². The second kappa shape index (κ2) is 18.2. The lowest BCUT2D eigenvalue weighted by Crippen LogP contribution is -2.11. The van der Waals surface area contributed by atoms with Gasteiger partial charge in [0.25, 0.3) is 0 Å². The maximum Gasteiger partial charge on any atom is 0.311 e. The van der Waals surface area contributed by atoms with Crippen molar-refractivity contribution in [1.82, 2.24) is 4.90 Å². The number of nitrogens with zero attached hydrogens (tertiary/aromatic N) is 1. The highest BCUT2D eigenvalue weighted by Crippen LogP contribution is 2.15. The molecule has 0 fully saturated rings. The Morgan fingerprint density at radius 1 is 0.800 bits per heavy atom. The summed E-state index contributed by atoms with van der Waals surface area (Å²) >= 11 is 0. The molecular formula is C27H45NO2. The zero-order valence-electron chi connectivity index (χ0n) is 19.8. The molecule has 0 saturated carbocycles. The third-order valence-electron chi connectivity index (χ3n) is 5.30. The van der Waals surface area contributed by atoms with Crippen molar-refractivity contribution in [2.24, 2.45) is 0 Å². The van der Waals surface area contributed by atoms with Gasteiger partial charge in [-0.3, -0.25) is 4.79 Å². The fraction of sp³-hybridized carbons (Fsp3) is 0.667. The van der Waals surface area contributed by atoms with Crippen molar-refractivity contribution in [2.75, 3.05) is 14.1 Å². The maximum absolute atomic E-state index is 12.0. The predicted octanol–water partition coefficient (Wildman–Crippen LogP) is 7.69. The van der Waals surface area contributed by atoms with Gasteiger partial charge in [-0.1, -0.05) is 82.6 Å². The topological polar surface area (TPSA) is 29.5 Å². The molecule has 3 nitrogen and oxygen atoms in total. The van der Waals surface area contributed by atoms with Gasteiger partial charge in [-0.2, -0.15) is 0 Å². The summed E-state index contributed by atoms with van der Waals surface area (Å²) < 4.78 is 5.43. The van der Waals surface area contributed by atoms with E-state index in [1.165, 1.54) is 76.2 Å². The molecule has 0 amide bonds. The van der Waals surface area contributed by atoms with E-state index < -0.39 is 0 Å². The van der Waals surface area contributed by atoms with Crippen LogP contribution in [0.25, 0.3) is 0 Å². The van der Waals surface area contributed by atoms with Crippen LogP contribution in [-0.4, -0.2) is 25.0 Å². The van der Waals surface area contributed by atoms with E-state index in [1.54, 1.807) is 0 Å². The summed E-state index contributed by atoms with van der Waals surface area (Å²) in [5, 5.41) is 0. The van der Waals surface area contributed by atoms with Crippen LogP contribution in [0.1, 0.15) is 102 Å². The molecule has 0 aromatic heterocycles. The summed E-state index contributed by atoms with van der Waals surface area (Å²) in [4.78, 5) is 14.1. The molecule has 1 rings (SSSR count). The molecule has 170 valence electrons. The minimum atomic E-state index is -0.118. The van der Waals surface area contributed by atoms with E-state index in [0.717, 1.165) is 19.4 Å². The third-order valence-corrected chi connectivity index (χ3v) is 5.30. The number of hydrogen-bond acceptors (Lipinski definition) is 3. The van der Waals surface area contributed by atoms with Crippen molar-refractivity contribution < 1.29 is 9.53 Å². The molecule has 0 bridgehead atoms. The summed E-state index contributed by atoms with van der Waals surface area (Å²) in [7, 11) is 4.09.